The largest absolute Gasteiger partial charge is 0.381 e. The van der Waals surface area contributed by atoms with E-state index < -0.39 is 0 Å². The Morgan fingerprint density at radius 3 is 2.64 bits per heavy atom. The lowest BCUT2D eigenvalue weighted by molar-refractivity contribution is 0.0587. The third kappa shape index (κ3) is 2.81. The lowest BCUT2D eigenvalue weighted by atomic mass is 9.90. The molecule has 0 radical (unpaired) electrons. The smallest absolute Gasteiger partial charge is 0.0469 e. The number of ether oxygens (including phenoxy) is 1. The summed E-state index contributed by atoms with van der Waals surface area (Å²) in [6, 6.07) is 0.400. The van der Waals surface area contributed by atoms with E-state index in [1.54, 1.807) is 0 Å². The lowest BCUT2D eigenvalue weighted by Gasteiger charge is -2.34. The van der Waals surface area contributed by atoms with Crippen LogP contribution in [-0.4, -0.2) is 41.8 Å². The molecule has 2 nitrogen and oxygen atoms in total. The first-order valence-corrected chi connectivity index (χ1v) is 7.61. The molecule has 82 valence electrons. The summed E-state index contributed by atoms with van der Waals surface area (Å²) in [5.74, 6) is 4.55. The number of hydrogen-bond acceptors (Lipinski definition) is 4. The molecule has 0 aliphatic carbocycles. The fraction of sp³-hybridized carbons (Fsp3) is 1.00. The van der Waals surface area contributed by atoms with Crippen LogP contribution in [0.2, 0.25) is 0 Å². The van der Waals surface area contributed by atoms with E-state index in [2.05, 4.69) is 23.5 Å². The molecule has 0 aromatic rings. The van der Waals surface area contributed by atoms with E-state index in [1.807, 2.05) is 0 Å². The van der Waals surface area contributed by atoms with Crippen molar-refractivity contribution in [2.45, 2.75) is 24.1 Å². The van der Waals surface area contributed by atoms with Crippen LogP contribution in [-0.2, 0) is 4.74 Å². The van der Waals surface area contributed by atoms with Gasteiger partial charge < -0.3 is 10.5 Å². The van der Waals surface area contributed by atoms with E-state index >= 15 is 0 Å². The maximum Gasteiger partial charge on any atom is 0.0469 e. The van der Waals surface area contributed by atoms with Gasteiger partial charge in [-0.1, -0.05) is 0 Å². The van der Waals surface area contributed by atoms with E-state index in [4.69, 9.17) is 10.5 Å². The van der Waals surface area contributed by atoms with Gasteiger partial charge in [-0.2, -0.15) is 23.5 Å². The molecule has 0 spiro atoms. The van der Waals surface area contributed by atoms with Crippen molar-refractivity contribution in [2.24, 2.45) is 11.7 Å². The van der Waals surface area contributed by atoms with E-state index in [1.165, 1.54) is 30.1 Å². The van der Waals surface area contributed by atoms with Gasteiger partial charge in [-0.25, -0.2) is 0 Å². The van der Waals surface area contributed by atoms with Crippen LogP contribution < -0.4 is 5.73 Å². The Kier molecular flexibility index (Phi) is 4.47. The highest BCUT2D eigenvalue weighted by Gasteiger charge is 2.29. The molecule has 2 N–H and O–H groups in total. The third-order valence-corrected chi connectivity index (χ3v) is 5.99. The molecule has 2 atom stereocenters. The van der Waals surface area contributed by atoms with Gasteiger partial charge in [0, 0.05) is 41.8 Å². The second-order valence-electron chi connectivity index (χ2n) is 4.01. The second kappa shape index (κ2) is 5.64. The van der Waals surface area contributed by atoms with Gasteiger partial charge in [0.15, 0.2) is 0 Å². The standard InChI is InChI=1S/C10H19NOS2/c11-10(8-1-3-12-4-2-8)9-7-13-5-6-14-9/h8-10H,1-7,11H2. The zero-order chi connectivity index (χ0) is 9.80. The molecule has 0 amide bonds. The summed E-state index contributed by atoms with van der Waals surface area (Å²) < 4.78 is 5.37. The minimum atomic E-state index is 0.400. The third-order valence-electron chi connectivity index (χ3n) is 3.08. The first-order chi connectivity index (χ1) is 6.88. The van der Waals surface area contributed by atoms with Gasteiger partial charge in [0.2, 0.25) is 0 Å². The molecule has 2 unspecified atom stereocenters. The zero-order valence-electron chi connectivity index (χ0n) is 8.48. The quantitative estimate of drug-likeness (QED) is 0.785. The van der Waals surface area contributed by atoms with Crippen LogP contribution in [0.4, 0.5) is 0 Å². The topological polar surface area (TPSA) is 35.2 Å². The van der Waals surface area contributed by atoms with Crippen molar-refractivity contribution in [1.82, 2.24) is 0 Å². The fourth-order valence-corrected chi connectivity index (χ4v) is 5.03. The number of hydrogen-bond donors (Lipinski definition) is 1. The molecule has 2 rings (SSSR count). The summed E-state index contributed by atoms with van der Waals surface area (Å²) in [6.07, 6.45) is 2.34. The summed E-state index contributed by atoms with van der Waals surface area (Å²) in [4.78, 5) is 0. The van der Waals surface area contributed by atoms with Gasteiger partial charge in [0.1, 0.15) is 0 Å². The molecule has 14 heavy (non-hydrogen) atoms. The van der Waals surface area contributed by atoms with Crippen LogP contribution in [0, 0.1) is 5.92 Å². The molecule has 0 bridgehead atoms. The van der Waals surface area contributed by atoms with Crippen molar-refractivity contribution >= 4 is 23.5 Å². The molecular formula is C10H19NOS2. The first kappa shape index (κ1) is 11.1. The fourth-order valence-electron chi connectivity index (χ4n) is 2.13. The first-order valence-electron chi connectivity index (χ1n) is 5.40. The van der Waals surface area contributed by atoms with E-state index in [-0.39, 0.29) is 0 Å². The maximum absolute atomic E-state index is 6.33. The summed E-state index contributed by atoms with van der Waals surface area (Å²) >= 11 is 4.14. The Hall–Kier alpha value is 0.620. The van der Waals surface area contributed by atoms with Gasteiger partial charge in [-0.05, 0) is 18.8 Å². The summed E-state index contributed by atoms with van der Waals surface area (Å²) in [6.45, 7) is 1.84. The predicted octanol–water partition coefficient (Wildman–Crippen LogP) is 1.59. The normalized spacial score (nSPS) is 32.8. The molecular weight excluding hydrogens is 214 g/mol. The molecule has 2 aliphatic rings. The highest BCUT2D eigenvalue weighted by molar-refractivity contribution is 8.06. The average Bonchev–Trinajstić information content (AvgIpc) is 2.30. The molecule has 0 aromatic heterocycles. The maximum atomic E-state index is 6.33. The summed E-state index contributed by atoms with van der Waals surface area (Å²) in [7, 11) is 0. The van der Waals surface area contributed by atoms with E-state index in [9.17, 15) is 0 Å². The molecule has 2 saturated heterocycles. The zero-order valence-corrected chi connectivity index (χ0v) is 10.1. The minimum Gasteiger partial charge on any atom is -0.381 e. The monoisotopic (exact) mass is 233 g/mol. The average molecular weight is 233 g/mol. The van der Waals surface area contributed by atoms with Crippen molar-refractivity contribution < 1.29 is 4.74 Å². The van der Waals surface area contributed by atoms with Crippen LogP contribution in [0.15, 0.2) is 0 Å². The van der Waals surface area contributed by atoms with Gasteiger partial charge in [-0.15, -0.1) is 0 Å². The number of thioether (sulfide) groups is 2. The van der Waals surface area contributed by atoms with Crippen LogP contribution in [0.1, 0.15) is 12.8 Å². The molecule has 0 aromatic carbocycles. The molecule has 2 aliphatic heterocycles. The predicted molar refractivity (Wildman–Crippen MR) is 65.1 cm³/mol. The molecule has 2 heterocycles. The van der Waals surface area contributed by atoms with Crippen molar-refractivity contribution in [2.75, 3.05) is 30.5 Å². The highest BCUT2D eigenvalue weighted by Crippen LogP contribution is 2.31. The lowest BCUT2D eigenvalue weighted by Crippen LogP contribution is -2.44. The Balaban J connectivity index is 1.82. The van der Waals surface area contributed by atoms with Crippen LogP contribution in [0.5, 0.6) is 0 Å². The van der Waals surface area contributed by atoms with Crippen molar-refractivity contribution in [3.05, 3.63) is 0 Å². The van der Waals surface area contributed by atoms with Crippen molar-refractivity contribution in [1.29, 1.82) is 0 Å². The second-order valence-corrected chi connectivity index (χ2v) is 6.51. The minimum absolute atomic E-state index is 0.400. The molecule has 0 saturated carbocycles. The van der Waals surface area contributed by atoms with Crippen LogP contribution in [0.3, 0.4) is 0 Å². The number of rotatable bonds is 2. The summed E-state index contributed by atoms with van der Waals surface area (Å²) in [5, 5.41) is 0.692. The van der Waals surface area contributed by atoms with Gasteiger partial charge >= 0.3 is 0 Å². The van der Waals surface area contributed by atoms with Gasteiger partial charge in [0.25, 0.3) is 0 Å². The summed E-state index contributed by atoms with van der Waals surface area (Å²) in [5.41, 5.74) is 6.33. The Morgan fingerprint density at radius 1 is 1.21 bits per heavy atom. The number of nitrogens with two attached hydrogens (primary N) is 1. The van der Waals surface area contributed by atoms with E-state index in [0.717, 1.165) is 13.2 Å². The molecule has 2 fully saturated rings. The van der Waals surface area contributed by atoms with Crippen LogP contribution >= 0.6 is 23.5 Å². The highest BCUT2D eigenvalue weighted by atomic mass is 32.2. The van der Waals surface area contributed by atoms with Crippen LogP contribution in [0.25, 0.3) is 0 Å². The van der Waals surface area contributed by atoms with Crippen molar-refractivity contribution in [3.8, 4) is 0 Å². The Bertz CT molecular complexity index is 150. The Labute approximate surface area is 94.7 Å². The van der Waals surface area contributed by atoms with Crippen molar-refractivity contribution in [3.63, 3.8) is 0 Å². The van der Waals surface area contributed by atoms with Gasteiger partial charge in [-0.3, -0.25) is 0 Å². The molecule has 4 heteroatoms. The van der Waals surface area contributed by atoms with E-state index in [0.29, 0.717) is 17.2 Å². The Morgan fingerprint density at radius 2 is 2.00 bits per heavy atom. The SMILES string of the molecule is NC(C1CCOCC1)C1CSCCS1. The van der Waals surface area contributed by atoms with Gasteiger partial charge in [0.05, 0.1) is 0 Å².